The van der Waals surface area contributed by atoms with E-state index in [0.29, 0.717) is 0 Å². The average molecular weight is 302 g/mol. The summed E-state index contributed by atoms with van der Waals surface area (Å²) in [6.45, 7) is 7.51. The molecule has 3 heterocycles. The number of hydrogen-bond acceptors (Lipinski definition) is 5. The fraction of sp³-hybridized carbons (Fsp3) is 0.438. The highest BCUT2D eigenvalue weighted by Crippen LogP contribution is 2.24. The highest BCUT2D eigenvalue weighted by molar-refractivity contribution is 7.11. The number of thiophene rings is 1. The molecule has 5 heteroatoms. The Morgan fingerprint density at radius 2 is 1.90 bits per heavy atom. The predicted molar refractivity (Wildman–Crippen MR) is 89.8 cm³/mol. The van der Waals surface area contributed by atoms with Crippen LogP contribution in [0.3, 0.4) is 0 Å². The van der Waals surface area contributed by atoms with E-state index in [9.17, 15) is 0 Å². The Bertz CT molecular complexity index is 587. The number of aryl methyl sites for hydroxylation is 1. The van der Waals surface area contributed by atoms with Gasteiger partial charge in [-0.05, 0) is 24.6 Å². The second kappa shape index (κ2) is 6.45. The molecule has 0 unspecified atom stereocenters. The van der Waals surface area contributed by atoms with Crippen LogP contribution in [0.25, 0.3) is 0 Å². The van der Waals surface area contributed by atoms with E-state index in [2.05, 4.69) is 33.8 Å². The highest BCUT2D eigenvalue weighted by Gasteiger charge is 2.19. The van der Waals surface area contributed by atoms with Crippen molar-refractivity contribution in [2.75, 3.05) is 36.8 Å². The van der Waals surface area contributed by atoms with E-state index in [-0.39, 0.29) is 0 Å². The van der Waals surface area contributed by atoms with Crippen LogP contribution in [0.2, 0.25) is 0 Å². The fourth-order valence-electron chi connectivity index (χ4n) is 2.75. The van der Waals surface area contributed by atoms with Crippen molar-refractivity contribution in [1.29, 1.82) is 0 Å². The number of anilines is 2. The molecule has 0 bridgehead atoms. The largest absolute Gasteiger partial charge is 0.396 e. The maximum absolute atomic E-state index is 6.01. The SMILES string of the molecule is CCc1ccc(CN2CCN(c3ccncc3N)CC2)s1. The summed E-state index contributed by atoms with van der Waals surface area (Å²) in [5.74, 6) is 0. The number of nitrogens with zero attached hydrogens (tertiary/aromatic N) is 3. The molecule has 0 aromatic carbocycles. The van der Waals surface area contributed by atoms with Crippen molar-refractivity contribution >= 4 is 22.7 Å². The summed E-state index contributed by atoms with van der Waals surface area (Å²) in [7, 11) is 0. The number of aromatic nitrogens is 1. The first-order valence-corrected chi connectivity index (χ1v) is 8.32. The third-order valence-electron chi connectivity index (χ3n) is 3.99. The lowest BCUT2D eigenvalue weighted by Gasteiger charge is -2.36. The minimum Gasteiger partial charge on any atom is -0.396 e. The van der Waals surface area contributed by atoms with Crippen LogP contribution in [0.15, 0.2) is 30.6 Å². The van der Waals surface area contributed by atoms with Crippen LogP contribution in [0.5, 0.6) is 0 Å². The second-order valence-corrected chi connectivity index (χ2v) is 6.67. The van der Waals surface area contributed by atoms with Crippen molar-refractivity contribution in [2.24, 2.45) is 0 Å². The van der Waals surface area contributed by atoms with E-state index in [1.54, 1.807) is 6.20 Å². The fourth-order valence-corrected chi connectivity index (χ4v) is 3.75. The number of nitrogens with two attached hydrogens (primary N) is 1. The van der Waals surface area contributed by atoms with Gasteiger partial charge in [0.1, 0.15) is 0 Å². The normalized spacial score (nSPS) is 16.3. The zero-order valence-corrected chi connectivity index (χ0v) is 13.3. The highest BCUT2D eigenvalue weighted by atomic mass is 32.1. The summed E-state index contributed by atoms with van der Waals surface area (Å²) < 4.78 is 0. The van der Waals surface area contributed by atoms with Gasteiger partial charge in [-0.25, -0.2) is 0 Å². The summed E-state index contributed by atoms with van der Waals surface area (Å²) in [4.78, 5) is 11.9. The second-order valence-electron chi connectivity index (χ2n) is 5.42. The lowest BCUT2D eigenvalue weighted by molar-refractivity contribution is 0.252. The molecule has 0 aliphatic carbocycles. The Morgan fingerprint density at radius 1 is 1.14 bits per heavy atom. The molecule has 0 saturated carbocycles. The molecule has 1 aliphatic heterocycles. The Balaban J connectivity index is 1.56. The van der Waals surface area contributed by atoms with Crippen molar-refractivity contribution < 1.29 is 0 Å². The first kappa shape index (κ1) is 14.4. The van der Waals surface area contributed by atoms with E-state index >= 15 is 0 Å². The molecule has 2 aromatic heterocycles. The standard InChI is InChI=1S/C16H22N4S/c1-2-13-3-4-14(21-13)12-19-7-9-20(10-8-19)16-5-6-18-11-15(16)17/h3-6,11H,2,7-10,12,17H2,1H3. The topological polar surface area (TPSA) is 45.4 Å². The number of piperazine rings is 1. The smallest absolute Gasteiger partial charge is 0.0738 e. The minimum atomic E-state index is 0.775. The molecule has 0 radical (unpaired) electrons. The van der Waals surface area contributed by atoms with Gasteiger partial charge in [-0.3, -0.25) is 9.88 Å². The molecule has 2 N–H and O–H groups in total. The van der Waals surface area contributed by atoms with Gasteiger partial charge in [0, 0.05) is 48.7 Å². The molecule has 0 atom stereocenters. The van der Waals surface area contributed by atoms with E-state index < -0.39 is 0 Å². The molecule has 3 rings (SSSR count). The van der Waals surface area contributed by atoms with Crippen LogP contribution < -0.4 is 10.6 Å². The van der Waals surface area contributed by atoms with Crippen LogP contribution in [0, 0.1) is 0 Å². The van der Waals surface area contributed by atoms with Gasteiger partial charge in [0.25, 0.3) is 0 Å². The summed E-state index contributed by atoms with van der Waals surface area (Å²) in [5, 5.41) is 0. The number of pyridine rings is 1. The molecule has 1 fully saturated rings. The molecule has 2 aromatic rings. The Hall–Kier alpha value is -1.59. The molecule has 0 amide bonds. The molecule has 21 heavy (non-hydrogen) atoms. The first-order chi connectivity index (χ1) is 10.3. The Kier molecular flexibility index (Phi) is 4.41. The quantitative estimate of drug-likeness (QED) is 0.943. The van der Waals surface area contributed by atoms with Crippen molar-refractivity contribution in [3.05, 3.63) is 40.3 Å². The van der Waals surface area contributed by atoms with E-state index in [1.807, 2.05) is 23.6 Å². The minimum absolute atomic E-state index is 0.775. The molecule has 1 saturated heterocycles. The van der Waals surface area contributed by atoms with Gasteiger partial charge in [-0.2, -0.15) is 0 Å². The Morgan fingerprint density at radius 3 is 2.57 bits per heavy atom. The first-order valence-electron chi connectivity index (χ1n) is 7.50. The van der Waals surface area contributed by atoms with Crippen molar-refractivity contribution in [3.63, 3.8) is 0 Å². The van der Waals surface area contributed by atoms with Crippen LogP contribution >= 0.6 is 11.3 Å². The van der Waals surface area contributed by atoms with Gasteiger partial charge >= 0.3 is 0 Å². The van der Waals surface area contributed by atoms with E-state index in [1.165, 1.54) is 9.75 Å². The zero-order valence-electron chi connectivity index (χ0n) is 12.5. The van der Waals surface area contributed by atoms with Crippen LogP contribution in [0.4, 0.5) is 11.4 Å². The van der Waals surface area contributed by atoms with Gasteiger partial charge in [-0.1, -0.05) is 6.92 Å². The van der Waals surface area contributed by atoms with E-state index in [4.69, 9.17) is 5.73 Å². The van der Waals surface area contributed by atoms with Gasteiger partial charge in [-0.15, -0.1) is 11.3 Å². The number of nitrogen functional groups attached to an aromatic ring is 1. The number of hydrogen-bond donors (Lipinski definition) is 1. The summed E-state index contributed by atoms with van der Waals surface area (Å²) in [6.07, 6.45) is 4.69. The van der Waals surface area contributed by atoms with Gasteiger partial charge in [0.05, 0.1) is 17.6 Å². The third-order valence-corrected chi connectivity index (χ3v) is 5.20. The maximum Gasteiger partial charge on any atom is 0.0738 e. The van der Waals surface area contributed by atoms with Gasteiger partial charge in [0.15, 0.2) is 0 Å². The van der Waals surface area contributed by atoms with Crippen LogP contribution in [0.1, 0.15) is 16.7 Å². The Labute approximate surface area is 130 Å². The molecular formula is C16H22N4S. The number of rotatable bonds is 4. The monoisotopic (exact) mass is 302 g/mol. The zero-order chi connectivity index (χ0) is 14.7. The van der Waals surface area contributed by atoms with Crippen molar-refractivity contribution in [3.8, 4) is 0 Å². The van der Waals surface area contributed by atoms with Gasteiger partial charge < -0.3 is 10.6 Å². The van der Waals surface area contributed by atoms with Gasteiger partial charge in [0.2, 0.25) is 0 Å². The summed E-state index contributed by atoms with van der Waals surface area (Å²) >= 11 is 1.94. The van der Waals surface area contributed by atoms with Crippen molar-refractivity contribution in [1.82, 2.24) is 9.88 Å². The van der Waals surface area contributed by atoms with Crippen LogP contribution in [-0.4, -0.2) is 36.1 Å². The summed E-state index contributed by atoms with van der Waals surface area (Å²) in [5.41, 5.74) is 7.91. The molecule has 112 valence electrons. The van der Waals surface area contributed by atoms with E-state index in [0.717, 1.165) is 50.5 Å². The third kappa shape index (κ3) is 3.36. The van der Waals surface area contributed by atoms with Crippen molar-refractivity contribution in [2.45, 2.75) is 19.9 Å². The molecular weight excluding hydrogens is 280 g/mol. The lowest BCUT2D eigenvalue weighted by Crippen LogP contribution is -2.46. The molecule has 1 aliphatic rings. The predicted octanol–water partition coefficient (Wildman–Crippen LogP) is 2.61. The molecule has 4 nitrogen and oxygen atoms in total. The maximum atomic E-state index is 6.01. The lowest BCUT2D eigenvalue weighted by atomic mass is 10.2. The van der Waals surface area contributed by atoms with Crippen LogP contribution in [-0.2, 0) is 13.0 Å². The summed E-state index contributed by atoms with van der Waals surface area (Å²) in [6, 6.07) is 6.54. The average Bonchev–Trinajstić information content (AvgIpc) is 2.96. The molecule has 0 spiro atoms.